The van der Waals surface area contributed by atoms with Gasteiger partial charge >= 0.3 is 0 Å². The van der Waals surface area contributed by atoms with Crippen LogP contribution in [0.25, 0.3) is 0 Å². The minimum Gasteiger partial charge on any atom is -0.310 e. The fourth-order valence-electron chi connectivity index (χ4n) is 1.71. The number of nitrogens with one attached hydrogen (secondary N) is 1. The molecule has 1 unspecified atom stereocenters. The van der Waals surface area contributed by atoms with Gasteiger partial charge in [-0.2, -0.15) is 0 Å². The number of rotatable bonds is 7. The Morgan fingerprint density at radius 3 is 2.50 bits per heavy atom. The van der Waals surface area contributed by atoms with Crippen LogP contribution in [0, 0.1) is 0 Å². The molecule has 88 valence electrons. The summed E-state index contributed by atoms with van der Waals surface area (Å²) in [4.78, 5) is 1.35. The first-order valence-corrected chi connectivity index (χ1v) is 6.87. The smallest absolute Gasteiger partial charge is 0.0354 e. The second kappa shape index (κ2) is 7.53. The Bertz CT molecular complexity index is 305. The zero-order valence-electron chi connectivity index (χ0n) is 10.2. The third kappa shape index (κ3) is 4.03. The van der Waals surface area contributed by atoms with Gasteiger partial charge < -0.3 is 5.32 Å². The summed E-state index contributed by atoms with van der Waals surface area (Å²) in [6.45, 7) is 9.12. The van der Waals surface area contributed by atoms with E-state index in [1.807, 2.05) is 17.8 Å². The van der Waals surface area contributed by atoms with E-state index >= 15 is 0 Å². The highest BCUT2D eigenvalue weighted by Gasteiger charge is 2.07. The summed E-state index contributed by atoms with van der Waals surface area (Å²) in [5.41, 5.74) is 1.35. The Morgan fingerprint density at radius 2 is 2.00 bits per heavy atom. The van der Waals surface area contributed by atoms with Gasteiger partial charge in [0.2, 0.25) is 0 Å². The fraction of sp³-hybridized carbons (Fsp3) is 0.429. The van der Waals surface area contributed by atoms with E-state index in [2.05, 4.69) is 50.0 Å². The Balaban J connectivity index is 2.72. The maximum Gasteiger partial charge on any atom is 0.0354 e. The van der Waals surface area contributed by atoms with Crippen LogP contribution >= 0.6 is 11.8 Å². The number of thioether (sulfide) groups is 1. The monoisotopic (exact) mass is 235 g/mol. The molecule has 0 bridgehead atoms. The lowest BCUT2D eigenvalue weighted by Gasteiger charge is -2.16. The molecule has 0 amide bonds. The van der Waals surface area contributed by atoms with Crippen molar-refractivity contribution in [2.24, 2.45) is 0 Å². The molecular formula is C14H21NS. The molecule has 0 aliphatic carbocycles. The molecule has 0 spiro atoms. The van der Waals surface area contributed by atoms with Crippen molar-refractivity contribution in [1.29, 1.82) is 0 Å². The van der Waals surface area contributed by atoms with Crippen molar-refractivity contribution >= 4 is 11.8 Å². The van der Waals surface area contributed by atoms with Crippen LogP contribution in [0.1, 0.15) is 31.9 Å². The van der Waals surface area contributed by atoms with Crippen molar-refractivity contribution in [3.8, 4) is 0 Å². The SMILES string of the molecule is C=CCC(NCC)c1ccc(SCC)cc1. The number of hydrogen-bond acceptors (Lipinski definition) is 2. The molecule has 1 nitrogen and oxygen atoms in total. The van der Waals surface area contributed by atoms with E-state index in [4.69, 9.17) is 0 Å². The van der Waals surface area contributed by atoms with Crippen molar-refractivity contribution in [2.45, 2.75) is 31.2 Å². The van der Waals surface area contributed by atoms with Gasteiger partial charge in [0, 0.05) is 10.9 Å². The topological polar surface area (TPSA) is 12.0 Å². The maximum absolute atomic E-state index is 3.81. The van der Waals surface area contributed by atoms with Crippen LogP contribution in [0.3, 0.4) is 0 Å². The summed E-state index contributed by atoms with van der Waals surface area (Å²) in [5.74, 6) is 1.13. The van der Waals surface area contributed by atoms with Crippen LogP contribution in [0.5, 0.6) is 0 Å². The molecule has 0 saturated heterocycles. The summed E-state index contributed by atoms with van der Waals surface area (Å²) in [7, 11) is 0. The molecule has 1 aromatic rings. The molecule has 1 N–H and O–H groups in total. The van der Waals surface area contributed by atoms with Crippen molar-refractivity contribution in [3.63, 3.8) is 0 Å². The van der Waals surface area contributed by atoms with E-state index in [-0.39, 0.29) is 0 Å². The first kappa shape index (κ1) is 13.3. The van der Waals surface area contributed by atoms with Gasteiger partial charge in [0.05, 0.1) is 0 Å². The van der Waals surface area contributed by atoms with Crippen molar-refractivity contribution < 1.29 is 0 Å². The number of hydrogen-bond donors (Lipinski definition) is 1. The van der Waals surface area contributed by atoms with E-state index in [9.17, 15) is 0 Å². The van der Waals surface area contributed by atoms with E-state index in [0.29, 0.717) is 6.04 Å². The highest BCUT2D eigenvalue weighted by atomic mass is 32.2. The summed E-state index contributed by atoms with van der Waals surface area (Å²) < 4.78 is 0. The van der Waals surface area contributed by atoms with Gasteiger partial charge in [-0.05, 0) is 36.4 Å². The second-order valence-electron chi connectivity index (χ2n) is 3.64. The molecule has 1 aromatic carbocycles. The van der Waals surface area contributed by atoms with E-state index in [0.717, 1.165) is 18.7 Å². The Labute approximate surface area is 103 Å². The zero-order valence-corrected chi connectivity index (χ0v) is 11.0. The molecule has 0 fully saturated rings. The summed E-state index contributed by atoms with van der Waals surface area (Å²) >= 11 is 1.88. The molecule has 0 radical (unpaired) electrons. The van der Waals surface area contributed by atoms with Gasteiger partial charge in [0.1, 0.15) is 0 Å². The predicted octanol–water partition coefficient (Wildman–Crippen LogP) is 4.03. The van der Waals surface area contributed by atoms with Gasteiger partial charge in [0.15, 0.2) is 0 Å². The Morgan fingerprint density at radius 1 is 1.31 bits per heavy atom. The molecule has 1 atom stereocenters. The maximum atomic E-state index is 3.81. The first-order chi connectivity index (χ1) is 7.81. The van der Waals surface area contributed by atoms with Gasteiger partial charge in [-0.25, -0.2) is 0 Å². The van der Waals surface area contributed by atoms with Crippen LogP contribution in [-0.4, -0.2) is 12.3 Å². The van der Waals surface area contributed by atoms with Crippen LogP contribution in [0.2, 0.25) is 0 Å². The van der Waals surface area contributed by atoms with Crippen molar-refractivity contribution in [2.75, 3.05) is 12.3 Å². The van der Waals surface area contributed by atoms with Crippen molar-refractivity contribution in [3.05, 3.63) is 42.5 Å². The average molecular weight is 235 g/mol. The molecule has 0 aliphatic heterocycles. The van der Waals surface area contributed by atoms with Crippen LogP contribution in [0.4, 0.5) is 0 Å². The predicted molar refractivity (Wildman–Crippen MR) is 74.1 cm³/mol. The average Bonchev–Trinajstić information content (AvgIpc) is 2.30. The summed E-state index contributed by atoms with van der Waals surface area (Å²) in [6, 6.07) is 9.25. The highest BCUT2D eigenvalue weighted by Crippen LogP contribution is 2.22. The molecule has 0 heterocycles. The normalized spacial score (nSPS) is 12.4. The third-order valence-corrected chi connectivity index (χ3v) is 3.34. The lowest BCUT2D eigenvalue weighted by molar-refractivity contribution is 0.559. The molecule has 0 saturated carbocycles. The lowest BCUT2D eigenvalue weighted by Crippen LogP contribution is -2.20. The standard InChI is InChI=1S/C14H21NS/c1-4-7-14(15-5-2)12-8-10-13(11-9-12)16-6-3/h4,8-11,14-15H,1,5-7H2,2-3H3. The molecule has 0 aliphatic rings. The molecular weight excluding hydrogens is 214 g/mol. The molecule has 1 rings (SSSR count). The zero-order chi connectivity index (χ0) is 11.8. The molecule has 2 heteroatoms. The largest absolute Gasteiger partial charge is 0.310 e. The van der Waals surface area contributed by atoms with E-state index in [1.165, 1.54) is 10.5 Å². The second-order valence-corrected chi connectivity index (χ2v) is 4.97. The minimum atomic E-state index is 0.406. The lowest BCUT2D eigenvalue weighted by atomic mass is 10.0. The van der Waals surface area contributed by atoms with Crippen molar-refractivity contribution in [1.82, 2.24) is 5.32 Å². The summed E-state index contributed by atoms with van der Waals surface area (Å²) in [6.07, 6.45) is 2.95. The summed E-state index contributed by atoms with van der Waals surface area (Å²) in [5, 5.41) is 3.47. The van der Waals surface area contributed by atoms with Gasteiger partial charge in [-0.1, -0.05) is 32.1 Å². The fourth-order valence-corrected chi connectivity index (χ4v) is 2.38. The third-order valence-electron chi connectivity index (χ3n) is 2.45. The van der Waals surface area contributed by atoms with Crippen LogP contribution in [0.15, 0.2) is 41.8 Å². The van der Waals surface area contributed by atoms with E-state index < -0.39 is 0 Å². The number of benzene rings is 1. The Kier molecular flexibility index (Phi) is 6.27. The van der Waals surface area contributed by atoms with Gasteiger partial charge in [-0.3, -0.25) is 0 Å². The quantitative estimate of drug-likeness (QED) is 0.566. The molecule has 0 aromatic heterocycles. The van der Waals surface area contributed by atoms with Gasteiger partial charge in [0.25, 0.3) is 0 Å². The van der Waals surface area contributed by atoms with Gasteiger partial charge in [-0.15, -0.1) is 18.3 Å². The Hall–Kier alpha value is -0.730. The first-order valence-electron chi connectivity index (χ1n) is 5.88. The van der Waals surface area contributed by atoms with E-state index in [1.54, 1.807) is 0 Å². The van der Waals surface area contributed by atoms with Crippen LogP contribution < -0.4 is 5.32 Å². The highest BCUT2D eigenvalue weighted by molar-refractivity contribution is 7.99. The molecule has 16 heavy (non-hydrogen) atoms. The minimum absolute atomic E-state index is 0.406. The van der Waals surface area contributed by atoms with Crippen LogP contribution in [-0.2, 0) is 0 Å².